The van der Waals surface area contributed by atoms with Crippen LogP contribution in [0.25, 0.3) is 5.57 Å². The lowest BCUT2D eigenvalue weighted by Gasteiger charge is -2.34. The largest absolute Gasteiger partial charge is 0.364 e. The van der Waals surface area contributed by atoms with E-state index in [4.69, 9.17) is 0 Å². The number of aromatic nitrogens is 1. The SMILES string of the molecule is CN1CCN(C2=C(c3ccc(F)cc3)C(=O)N(Cc3ccncc3)C2=O)CC1. The van der Waals surface area contributed by atoms with Crippen LogP contribution in [0.5, 0.6) is 0 Å². The van der Waals surface area contributed by atoms with E-state index in [0.29, 0.717) is 29.9 Å². The smallest absolute Gasteiger partial charge is 0.278 e. The molecule has 0 saturated carbocycles. The Balaban J connectivity index is 1.72. The molecule has 0 unspecified atom stereocenters. The van der Waals surface area contributed by atoms with Crippen molar-refractivity contribution in [3.8, 4) is 0 Å². The van der Waals surface area contributed by atoms with E-state index < -0.39 is 0 Å². The first-order valence-corrected chi connectivity index (χ1v) is 9.23. The fourth-order valence-corrected chi connectivity index (χ4v) is 3.58. The summed E-state index contributed by atoms with van der Waals surface area (Å²) in [4.78, 5) is 35.9. The second-order valence-electron chi connectivity index (χ2n) is 7.07. The van der Waals surface area contributed by atoms with Crippen LogP contribution in [-0.4, -0.2) is 64.7 Å². The summed E-state index contributed by atoms with van der Waals surface area (Å²) >= 11 is 0. The fourth-order valence-electron chi connectivity index (χ4n) is 3.58. The first kappa shape index (κ1) is 18.3. The maximum atomic E-state index is 13.4. The van der Waals surface area contributed by atoms with Gasteiger partial charge in [-0.1, -0.05) is 12.1 Å². The Morgan fingerprint density at radius 2 is 1.57 bits per heavy atom. The maximum absolute atomic E-state index is 13.4. The summed E-state index contributed by atoms with van der Waals surface area (Å²) in [6.45, 7) is 3.14. The van der Waals surface area contributed by atoms with Gasteiger partial charge in [0.25, 0.3) is 11.8 Å². The Bertz CT molecular complexity index is 919. The molecule has 2 aliphatic rings. The van der Waals surface area contributed by atoms with E-state index in [1.54, 1.807) is 36.7 Å². The van der Waals surface area contributed by atoms with Gasteiger partial charge in [0.15, 0.2) is 0 Å². The number of pyridine rings is 1. The minimum absolute atomic E-state index is 0.183. The van der Waals surface area contributed by atoms with E-state index in [1.165, 1.54) is 17.0 Å². The van der Waals surface area contributed by atoms with Gasteiger partial charge < -0.3 is 9.80 Å². The summed E-state index contributed by atoms with van der Waals surface area (Å²) in [5.74, 6) is -1.02. The van der Waals surface area contributed by atoms with Gasteiger partial charge in [-0.05, 0) is 42.4 Å². The number of carbonyl (C=O) groups excluding carboxylic acids is 2. The Kier molecular flexibility index (Phi) is 4.92. The third-order valence-corrected chi connectivity index (χ3v) is 5.19. The zero-order valence-electron chi connectivity index (χ0n) is 15.6. The summed E-state index contributed by atoms with van der Waals surface area (Å²) in [5.41, 5.74) is 2.16. The number of hydrogen-bond donors (Lipinski definition) is 0. The van der Waals surface area contributed by atoms with E-state index in [-0.39, 0.29) is 24.2 Å². The molecule has 1 fully saturated rings. The molecule has 1 aromatic carbocycles. The molecule has 0 spiro atoms. The third-order valence-electron chi connectivity index (χ3n) is 5.19. The highest BCUT2D eigenvalue weighted by molar-refractivity contribution is 6.35. The van der Waals surface area contributed by atoms with Crippen LogP contribution in [0.2, 0.25) is 0 Å². The minimum atomic E-state index is -0.379. The Morgan fingerprint density at radius 1 is 0.929 bits per heavy atom. The van der Waals surface area contributed by atoms with Gasteiger partial charge in [0, 0.05) is 38.6 Å². The topological polar surface area (TPSA) is 56.8 Å². The molecule has 1 saturated heterocycles. The first-order valence-electron chi connectivity index (χ1n) is 9.23. The van der Waals surface area contributed by atoms with E-state index in [9.17, 15) is 14.0 Å². The molecule has 0 aliphatic carbocycles. The van der Waals surface area contributed by atoms with Crippen molar-refractivity contribution in [2.75, 3.05) is 33.2 Å². The van der Waals surface area contributed by atoms with Crippen molar-refractivity contribution in [1.82, 2.24) is 19.7 Å². The summed E-state index contributed by atoms with van der Waals surface area (Å²) < 4.78 is 13.4. The van der Waals surface area contributed by atoms with E-state index in [0.717, 1.165) is 18.7 Å². The molecule has 7 heteroatoms. The maximum Gasteiger partial charge on any atom is 0.278 e. The van der Waals surface area contributed by atoms with Crippen molar-refractivity contribution in [2.45, 2.75) is 6.54 Å². The number of benzene rings is 1. The van der Waals surface area contributed by atoms with Crippen LogP contribution in [0.1, 0.15) is 11.1 Å². The summed E-state index contributed by atoms with van der Waals surface area (Å²) in [6.07, 6.45) is 3.27. The normalized spacial score (nSPS) is 18.4. The zero-order valence-corrected chi connectivity index (χ0v) is 15.6. The molecule has 2 aromatic rings. The number of amides is 2. The Morgan fingerprint density at radius 3 is 2.21 bits per heavy atom. The van der Waals surface area contributed by atoms with Gasteiger partial charge in [0.05, 0.1) is 12.1 Å². The molecule has 1 aromatic heterocycles. The highest BCUT2D eigenvalue weighted by Crippen LogP contribution is 2.33. The van der Waals surface area contributed by atoms with Gasteiger partial charge in [-0.15, -0.1) is 0 Å². The van der Waals surface area contributed by atoms with Crippen LogP contribution in [0.3, 0.4) is 0 Å². The van der Waals surface area contributed by atoms with E-state index in [2.05, 4.69) is 9.88 Å². The van der Waals surface area contributed by atoms with Crippen LogP contribution in [0, 0.1) is 5.82 Å². The van der Waals surface area contributed by atoms with Crippen LogP contribution < -0.4 is 0 Å². The van der Waals surface area contributed by atoms with Crippen LogP contribution in [0.15, 0.2) is 54.5 Å². The molecule has 4 rings (SSSR count). The van der Waals surface area contributed by atoms with Crippen molar-refractivity contribution in [3.05, 3.63) is 71.4 Å². The average Bonchev–Trinajstić information content (AvgIpc) is 2.95. The molecule has 28 heavy (non-hydrogen) atoms. The predicted molar refractivity (Wildman–Crippen MR) is 102 cm³/mol. The van der Waals surface area contributed by atoms with Crippen molar-refractivity contribution in [3.63, 3.8) is 0 Å². The second kappa shape index (κ2) is 7.52. The quantitative estimate of drug-likeness (QED) is 0.757. The molecule has 144 valence electrons. The molecule has 0 atom stereocenters. The third kappa shape index (κ3) is 3.41. The molecule has 0 N–H and O–H groups in total. The van der Waals surface area contributed by atoms with Crippen molar-refractivity contribution in [1.29, 1.82) is 0 Å². The molecular formula is C21H21FN4O2. The lowest BCUT2D eigenvalue weighted by molar-refractivity contribution is -0.138. The van der Waals surface area contributed by atoms with Gasteiger partial charge in [-0.25, -0.2) is 4.39 Å². The molecule has 6 nitrogen and oxygen atoms in total. The van der Waals surface area contributed by atoms with Crippen LogP contribution >= 0.6 is 0 Å². The monoisotopic (exact) mass is 380 g/mol. The summed E-state index contributed by atoms with van der Waals surface area (Å²) in [7, 11) is 2.03. The number of hydrogen-bond acceptors (Lipinski definition) is 5. The highest BCUT2D eigenvalue weighted by Gasteiger charge is 2.41. The number of imide groups is 1. The van der Waals surface area contributed by atoms with Gasteiger partial charge in [-0.2, -0.15) is 0 Å². The Hall–Kier alpha value is -3.06. The fraction of sp³-hybridized carbons (Fsp3) is 0.286. The van der Waals surface area contributed by atoms with Crippen LogP contribution in [0.4, 0.5) is 4.39 Å². The first-order chi connectivity index (χ1) is 13.5. The lowest BCUT2D eigenvalue weighted by Crippen LogP contribution is -2.46. The molecular weight excluding hydrogens is 359 g/mol. The number of halogens is 1. The van der Waals surface area contributed by atoms with Crippen molar-refractivity contribution >= 4 is 17.4 Å². The molecule has 3 heterocycles. The highest BCUT2D eigenvalue weighted by atomic mass is 19.1. The zero-order chi connectivity index (χ0) is 19.7. The van der Waals surface area contributed by atoms with Crippen molar-refractivity contribution in [2.24, 2.45) is 0 Å². The van der Waals surface area contributed by atoms with Gasteiger partial charge in [0.2, 0.25) is 0 Å². The molecule has 2 aliphatic heterocycles. The summed E-state index contributed by atoms with van der Waals surface area (Å²) in [6, 6.07) is 9.31. The summed E-state index contributed by atoms with van der Waals surface area (Å²) in [5, 5.41) is 0. The van der Waals surface area contributed by atoms with Crippen LogP contribution in [-0.2, 0) is 16.1 Å². The minimum Gasteiger partial charge on any atom is -0.364 e. The second-order valence-corrected chi connectivity index (χ2v) is 7.07. The van der Waals surface area contributed by atoms with E-state index >= 15 is 0 Å². The van der Waals surface area contributed by atoms with Gasteiger partial charge >= 0.3 is 0 Å². The Labute approximate surface area is 162 Å². The van der Waals surface area contributed by atoms with Gasteiger partial charge in [0.1, 0.15) is 11.5 Å². The van der Waals surface area contributed by atoms with E-state index in [1.807, 2.05) is 11.9 Å². The number of nitrogens with zero attached hydrogens (tertiary/aromatic N) is 4. The average molecular weight is 380 g/mol. The lowest BCUT2D eigenvalue weighted by atomic mass is 10.0. The van der Waals surface area contributed by atoms with Crippen molar-refractivity contribution < 1.29 is 14.0 Å². The predicted octanol–water partition coefficient (Wildman–Crippen LogP) is 1.75. The number of carbonyl (C=O) groups is 2. The van der Waals surface area contributed by atoms with Gasteiger partial charge in [-0.3, -0.25) is 19.5 Å². The molecule has 0 radical (unpaired) electrons. The number of piperazine rings is 1. The standard InChI is InChI=1S/C21H21FN4O2/c1-24-10-12-25(13-11-24)19-18(16-2-4-17(22)5-3-16)20(27)26(21(19)28)14-15-6-8-23-9-7-15/h2-9H,10-14H2,1H3. The molecule has 2 amide bonds. The number of likely N-dealkylation sites (N-methyl/N-ethyl adjacent to an activating group) is 1. The number of rotatable bonds is 4. The molecule has 0 bridgehead atoms.